The first-order valence-electron chi connectivity index (χ1n) is 6.63. The predicted molar refractivity (Wildman–Crippen MR) is 69.8 cm³/mol. The van der Waals surface area contributed by atoms with Crippen molar-refractivity contribution in [2.45, 2.75) is 39.0 Å². The molecule has 0 bridgehead atoms. The fraction of sp³-hybridized carbons (Fsp3) is 0.571. The Hall–Kier alpha value is -1.78. The van der Waals surface area contributed by atoms with Gasteiger partial charge in [0.2, 0.25) is 5.91 Å². The fourth-order valence-corrected chi connectivity index (χ4v) is 2.60. The maximum atomic E-state index is 12.0. The molecular weight excluding hydrogens is 246 g/mol. The monoisotopic (exact) mass is 265 g/mol. The number of hydrogen-bond donors (Lipinski definition) is 2. The Bertz CT molecular complexity index is 458. The lowest BCUT2D eigenvalue weighted by Crippen LogP contribution is -2.27. The SMILES string of the molecule is Cc1ccc(NC(=O)C2CCC(CC(=O)O)CC2)o1. The summed E-state index contributed by atoms with van der Waals surface area (Å²) < 4.78 is 5.31. The number of aryl methyl sites for hydroxylation is 1. The standard InChI is InChI=1S/C14H19NO4/c1-9-2-7-12(19-9)15-14(18)11-5-3-10(4-6-11)8-13(16)17/h2,7,10-11H,3-6,8H2,1H3,(H,15,18)(H,16,17). The second-order valence-corrected chi connectivity index (χ2v) is 5.22. The zero-order valence-corrected chi connectivity index (χ0v) is 11.0. The van der Waals surface area contributed by atoms with E-state index in [4.69, 9.17) is 9.52 Å². The molecule has 0 radical (unpaired) electrons. The van der Waals surface area contributed by atoms with Gasteiger partial charge in [0.15, 0.2) is 5.88 Å². The second-order valence-electron chi connectivity index (χ2n) is 5.22. The van der Waals surface area contributed by atoms with Crippen molar-refractivity contribution in [2.75, 3.05) is 5.32 Å². The van der Waals surface area contributed by atoms with Gasteiger partial charge in [-0.2, -0.15) is 0 Å². The van der Waals surface area contributed by atoms with Gasteiger partial charge in [-0.05, 0) is 44.6 Å². The number of carbonyl (C=O) groups excluding carboxylic acids is 1. The first-order chi connectivity index (χ1) is 9.04. The molecule has 0 spiro atoms. The Morgan fingerprint density at radius 2 is 2.00 bits per heavy atom. The van der Waals surface area contributed by atoms with Crippen LogP contribution in [0, 0.1) is 18.8 Å². The quantitative estimate of drug-likeness (QED) is 0.877. The molecule has 104 valence electrons. The van der Waals surface area contributed by atoms with Crippen LogP contribution in [0.4, 0.5) is 5.88 Å². The first-order valence-corrected chi connectivity index (χ1v) is 6.63. The highest BCUT2D eigenvalue weighted by Crippen LogP contribution is 2.31. The fourth-order valence-electron chi connectivity index (χ4n) is 2.60. The molecule has 5 nitrogen and oxygen atoms in total. The van der Waals surface area contributed by atoms with E-state index in [2.05, 4.69) is 5.32 Å². The van der Waals surface area contributed by atoms with E-state index in [9.17, 15) is 9.59 Å². The predicted octanol–water partition coefficient (Wildman–Crippen LogP) is 2.81. The molecule has 2 rings (SSSR count). The molecule has 1 aromatic heterocycles. The van der Waals surface area contributed by atoms with Crippen molar-refractivity contribution >= 4 is 17.8 Å². The number of carboxylic acids is 1. The Balaban J connectivity index is 1.80. The molecule has 0 atom stereocenters. The summed E-state index contributed by atoms with van der Waals surface area (Å²) in [7, 11) is 0. The van der Waals surface area contributed by atoms with Crippen LogP contribution in [0.1, 0.15) is 37.9 Å². The third-order valence-electron chi connectivity index (χ3n) is 3.67. The van der Waals surface area contributed by atoms with Gasteiger partial charge < -0.3 is 9.52 Å². The van der Waals surface area contributed by atoms with Crippen LogP contribution in [0.25, 0.3) is 0 Å². The number of nitrogens with one attached hydrogen (secondary N) is 1. The third kappa shape index (κ3) is 3.84. The molecular formula is C14H19NO4. The lowest BCUT2D eigenvalue weighted by molar-refractivity contribution is -0.138. The third-order valence-corrected chi connectivity index (χ3v) is 3.67. The summed E-state index contributed by atoms with van der Waals surface area (Å²) in [5.74, 6) is 0.653. The number of carbonyl (C=O) groups is 2. The number of aliphatic carboxylic acids is 1. The van der Waals surface area contributed by atoms with Gasteiger partial charge in [0.1, 0.15) is 5.76 Å². The number of hydrogen-bond acceptors (Lipinski definition) is 3. The lowest BCUT2D eigenvalue weighted by atomic mass is 9.80. The molecule has 1 saturated carbocycles. The van der Waals surface area contributed by atoms with Crippen molar-refractivity contribution in [2.24, 2.45) is 11.8 Å². The van der Waals surface area contributed by atoms with E-state index < -0.39 is 5.97 Å². The van der Waals surface area contributed by atoms with E-state index >= 15 is 0 Å². The average molecular weight is 265 g/mol. The Morgan fingerprint density at radius 1 is 1.32 bits per heavy atom. The molecule has 1 aliphatic rings. The lowest BCUT2D eigenvalue weighted by Gasteiger charge is -2.26. The zero-order chi connectivity index (χ0) is 13.8. The van der Waals surface area contributed by atoms with Crippen LogP contribution in [-0.2, 0) is 9.59 Å². The topological polar surface area (TPSA) is 79.5 Å². The summed E-state index contributed by atoms with van der Waals surface area (Å²) >= 11 is 0. The van der Waals surface area contributed by atoms with Crippen molar-refractivity contribution < 1.29 is 19.1 Å². The summed E-state index contributed by atoms with van der Waals surface area (Å²) in [6.45, 7) is 1.83. The summed E-state index contributed by atoms with van der Waals surface area (Å²) in [4.78, 5) is 22.7. The summed E-state index contributed by atoms with van der Waals surface area (Å²) in [5, 5.41) is 11.5. The highest BCUT2D eigenvalue weighted by molar-refractivity contribution is 5.91. The zero-order valence-electron chi connectivity index (χ0n) is 11.0. The molecule has 1 aromatic rings. The minimum absolute atomic E-state index is 0.0249. The molecule has 1 heterocycles. The molecule has 1 fully saturated rings. The van der Waals surface area contributed by atoms with Crippen molar-refractivity contribution in [1.82, 2.24) is 0 Å². The van der Waals surface area contributed by atoms with Crippen molar-refractivity contribution in [3.63, 3.8) is 0 Å². The van der Waals surface area contributed by atoms with Crippen LogP contribution in [0.2, 0.25) is 0 Å². The number of anilines is 1. The van der Waals surface area contributed by atoms with E-state index in [0.29, 0.717) is 5.88 Å². The normalized spacial score (nSPS) is 23.0. The number of carboxylic acid groups (broad SMARTS) is 1. The molecule has 2 N–H and O–H groups in total. The molecule has 19 heavy (non-hydrogen) atoms. The molecule has 1 aliphatic carbocycles. The van der Waals surface area contributed by atoms with Crippen LogP contribution in [0.15, 0.2) is 16.5 Å². The van der Waals surface area contributed by atoms with Crippen LogP contribution in [0.5, 0.6) is 0 Å². The first kappa shape index (κ1) is 13.6. The largest absolute Gasteiger partial charge is 0.481 e. The summed E-state index contributed by atoms with van der Waals surface area (Å²) in [5.41, 5.74) is 0. The van der Waals surface area contributed by atoms with Gasteiger partial charge in [-0.3, -0.25) is 14.9 Å². The van der Waals surface area contributed by atoms with E-state index in [1.54, 1.807) is 12.1 Å². The van der Waals surface area contributed by atoms with E-state index in [-0.39, 0.29) is 24.2 Å². The average Bonchev–Trinajstić information content (AvgIpc) is 2.75. The molecule has 0 aromatic carbocycles. The van der Waals surface area contributed by atoms with Gasteiger partial charge in [-0.25, -0.2) is 0 Å². The second kappa shape index (κ2) is 5.91. The number of rotatable bonds is 4. The summed E-state index contributed by atoms with van der Waals surface area (Å²) in [6.07, 6.45) is 3.34. The highest BCUT2D eigenvalue weighted by Gasteiger charge is 2.27. The smallest absolute Gasteiger partial charge is 0.303 e. The Kier molecular flexibility index (Phi) is 4.24. The summed E-state index contributed by atoms with van der Waals surface area (Å²) in [6, 6.07) is 3.54. The van der Waals surface area contributed by atoms with Gasteiger partial charge in [0.05, 0.1) is 0 Å². The van der Waals surface area contributed by atoms with E-state index in [1.807, 2.05) is 6.92 Å². The van der Waals surface area contributed by atoms with Gasteiger partial charge in [0, 0.05) is 18.4 Å². The van der Waals surface area contributed by atoms with E-state index in [0.717, 1.165) is 31.4 Å². The number of furan rings is 1. The van der Waals surface area contributed by atoms with Crippen LogP contribution in [0.3, 0.4) is 0 Å². The Labute approximate surface area is 112 Å². The maximum absolute atomic E-state index is 12.0. The Morgan fingerprint density at radius 3 is 2.53 bits per heavy atom. The van der Waals surface area contributed by atoms with Gasteiger partial charge >= 0.3 is 5.97 Å². The van der Waals surface area contributed by atoms with Gasteiger partial charge in [0.25, 0.3) is 0 Å². The van der Waals surface area contributed by atoms with Crippen LogP contribution in [-0.4, -0.2) is 17.0 Å². The van der Waals surface area contributed by atoms with Crippen LogP contribution < -0.4 is 5.32 Å². The molecule has 0 saturated heterocycles. The minimum atomic E-state index is -0.751. The number of amides is 1. The molecule has 0 aliphatic heterocycles. The highest BCUT2D eigenvalue weighted by atomic mass is 16.4. The van der Waals surface area contributed by atoms with Crippen molar-refractivity contribution in [3.8, 4) is 0 Å². The van der Waals surface area contributed by atoms with E-state index in [1.165, 1.54) is 0 Å². The molecule has 1 amide bonds. The molecule has 5 heteroatoms. The maximum Gasteiger partial charge on any atom is 0.303 e. The van der Waals surface area contributed by atoms with Crippen molar-refractivity contribution in [1.29, 1.82) is 0 Å². The van der Waals surface area contributed by atoms with Gasteiger partial charge in [-0.15, -0.1) is 0 Å². The van der Waals surface area contributed by atoms with Crippen LogP contribution >= 0.6 is 0 Å². The minimum Gasteiger partial charge on any atom is -0.481 e. The molecule has 0 unspecified atom stereocenters. The van der Waals surface area contributed by atoms with Crippen molar-refractivity contribution in [3.05, 3.63) is 17.9 Å². The van der Waals surface area contributed by atoms with Gasteiger partial charge in [-0.1, -0.05) is 0 Å².